The van der Waals surface area contributed by atoms with Crippen LogP contribution in [0.4, 0.5) is 0 Å². The Morgan fingerprint density at radius 2 is 1.36 bits per heavy atom. The van der Waals surface area contributed by atoms with E-state index in [0.717, 1.165) is 23.3 Å². The van der Waals surface area contributed by atoms with Crippen LogP contribution in [0.2, 0.25) is 0 Å². The lowest BCUT2D eigenvalue weighted by Gasteiger charge is -2.35. The zero-order valence-electron chi connectivity index (χ0n) is 24.2. The molecule has 36 heavy (non-hydrogen) atoms. The predicted octanol–water partition coefficient (Wildman–Crippen LogP) is 11.0. The molecule has 2 aromatic carbocycles. The lowest BCUT2D eigenvalue weighted by atomic mass is 9.70. The first-order valence-electron chi connectivity index (χ1n) is 15.3. The molecular weight excluding hydrogens is 436 g/mol. The summed E-state index contributed by atoms with van der Waals surface area (Å²) in [4.78, 5) is 0. The quantitative estimate of drug-likeness (QED) is 0.310. The minimum atomic E-state index is 0.192. The third-order valence-corrected chi connectivity index (χ3v) is 9.42. The van der Waals surface area contributed by atoms with E-state index in [1.807, 2.05) is 0 Å². The van der Waals surface area contributed by atoms with Gasteiger partial charge < -0.3 is 5.11 Å². The Bertz CT molecular complexity index is 900. The van der Waals surface area contributed by atoms with Crippen molar-refractivity contribution in [1.29, 1.82) is 0 Å². The highest BCUT2D eigenvalue weighted by atomic mass is 16.3. The average molecular weight is 491 g/mol. The van der Waals surface area contributed by atoms with E-state index in [0.29, 0.717) is 17.6 Å². The molecule has 6 unspecified atom stereocenters. The van der Waals surface area contributed by atoms with Gasteiger partial charge in [0.05, 0.1) is 0 Å². The Labute approximate surface area is 223 Å². The summed E-state index contributed by atoms with van der Waals surface area (Å²) < 4.78 is 0. The molecule has 0 amide bonds. The minimum absolute atomic E-state index is 0.192. The van der Waals surface area contributed by atoms with Crippen molar-refractivity contribution in [2.45, 2.75) is 130 Å². The van der Waals surface area contributed by atoms with Gasteiger partial charge >= 0.3 is 0 Å². The van der Waals surface area contributed by atoms with Gasteiger partial charge in [-0.1, -0.05) is 142 Å². The molecule has 2 aromatic rings. The largest absolute Gasteiger partial charge is 0.507 e. The maximum atomic E-state index is 11.8. The molecule has 0 saturated heterocycles. The SMILES string of the molecule is CCCCCC1CC(C)c2ccc(C(C)c3ccccc3)c(O)c2C(C)CC(CCCCC)C1CC. The van der Waals surface area contributed by atoms with E-state index in [1.165, 1.54) is 87.3 Å². The molecule has 0 fully saturated rings. The van der Waals surface area contributed by atoms with E-state index >= 15 is 0 Å². The van der Waals surface area contributed by atoms with Gasteiger partial charge in [-0.15, -0.1) is 0 Å². The zero-order chi connectivity index (χ0) is 26.1. The first kappa shape index (κ1) is 28.8. The molecule has 200 valence electrons. The molecule has 0 heterocycles. The number of benzene rings is 2. The molecule has 1 aliphatic rings. The second-order valence-electron chi connectivity index (χ2n) is 12.0. The topological polar surface area (TPSA) is 20.2 Å². The Balaban J connectivity index is 2.02. The smallest absolute Gasteiger partial charge is 0.123 e. The molecule has 1 aliphatic carbocycles. The second-order valence-corrected chi connectivity index (χ2v) is 12.0. The third kappa shape index (κ3) is 6.96. The normalized spacial score (nSPS) is 25.4. The highest BCUT2D eigenvalue weighted by molar-refractivity contribution is 5.52. The first-order valence-corrected chi connectivity index (χ1v) is 15.3. The summed E-state index contributed by atoms with van der Waals surface area (Å²) in [6.45, 7) is 14.2. The molecule has 0 radical (unpaired) electrons. The van der Waals surface area contributed by atoms with Gasteiger partial charge in [-0.25, -0.2) is 0 Å². The molecular formula is C35H54O. The van der Waals surface area contributed by atoms with Crippen molar-refractivity contribution in [3.8, 4) is 5.75 Å². The number of phenols is 1. The molecule has 0 aromatic heterocycles. The van der Waals surface area contributed by atoms with Crippen molar-refractivity contribution in [2.75, 3.05) is 0 Å². The number of rotatable bonds is 11. The fourth-order valence-electron chi connectivity index (χ4n) is 7.39. The number of aromatic hydroxyl groups is 1. The maximum absolute atomic E-state index is 11.8. The monoisotopic (exact) mass is 490 g/mol. The summed E-state index contributed by atoms with van der Waals surface area (Å²) in [6, 6.07) is 15.3. The van der Waals surface area contributed by atoms with Gasteiger partial charge in [0, 0.05) is 17.0 Å². The van der Waals surface area contributed by atoms with E-state index < -0.39 is 0 Å². The average Bonchev–Trinajstić information content (AvgIpc) is 2.92. The summed E-state index contributed by atoms with van der Waals surface area (Å²) in [5.41, 5.74) is 5.03. The summed E-state index contributed by atoms with van der Waals surface area (Å²) in [6.07, 6.45) is 14.5. The van der Waals surface area contributed by atoms with Gasteiger partial charge in [-0.3, -0.25) is 0 Å². The molecule has 1 nitrogen and oxygen atoms in total. The summed E-state index contributed by atoms with van der Waals surface area (Å²) in [5.74, 6) is 4.01. The highest BCUT2D eigenvalue weighted by Crippen LogP contribution is 2.49. The van der Waals surface area contributed by atoms with Crippen LogP contribution in [0.1, 0.15) is 152 Å². The summed E-state index contributed by atoms with van der Waals surface area (Å²) in [5, 5.41) is 11.8. The maximum Gasteiger partial charge on any atom is 0.123 e. The fourth-order valence-corrected chi connectivity index (χ4v) is 7.39. The van der Waals surface area contributed by atoms with Crippen molar-refractivity contribution >= 4 is 0 Å². The Kier molecular flexibility index (Phi) is 11.4. The van der Waals surface area contributed by atoms with E-state index in [1.54, 1.807) is 0 Å². The first-order chi connectivity index (χ1) is 17.4. The molecule has 1 N–H and O–H groups in total. The van der Waals surface area contributed by atoms with Crippen LogP contribution >= 0.6 is 0 Å². The van der Waals surface area contributed by atoms with E-state index in [9.17, 15) is 5.11 Å². The van der Waals surface area contributed by atoms with Gasteiger partial charge in [0.15, 0.2) is 0 Å². The lowest BCUT2D eigenvalue weighted by Crippen LogP contribution is -2.25. The number of hydrogen-bond acceptors (Lipinski definition) is 1. The van der Waals surface area contributed by atoms with Gasteiger partial charge in [0.2, 0.25) is 0 Å². The predicted molar refractivity (Wildman–Crippen MR) is 157 cm³/mol. The van der Waals surface area contributed by atoms with Crippen LogP contribution in [0.25, 0.3) is 0 Å². The third-order valence-electron chi connectivity index (χ3n) is 9.42. The van der Waals surface area contributed by atoms with Crippen LogP contribution in [0.5, 0.6) is 5.75 Å². The summed E-state index contributed by atoms with van der Waals surface area (Å²) >= 11 is 0. The van der Waals surface area contributed by atoms with Crippen LogP contribution < -0.4 is 0 Å². The van der Waals surface area contributed by atoms with Crippen molar-refractivity contribution < 1.29 is 5.11 Å². The Morgan fingerprint density at radius 3 is 1.92 bits per heavy atom. The van der Waals surface area contributed by atoms with Crippen LogP contribution in [-0.2, 0) is 0 Å². The van der Waals surface area contributed by atoms with Gasteiger partial charge in [-0.2, -0.15) is 0 Å². The summed E-state index contributed by atoms with van der Waals surface area (Å²) in [7, 11) is 0. The fraction of sp³-hybridized carbons (Fsp3) is 0.657. The number of hydrogen-bond donors (Lipinski definition) is 1. The van der Waals surface area contributed by atoms with Gasteiger partial charge in [0.1, 0.15) is 5.75 Å². The van der Waals surface area contributed by atoms with Crippen LogP contribution in [0.15, 0.2) is 42.5 Å². The number of phenolic OH excluding ortho intramolecular Hbond substituents is 1. The van der Waals surface area contributed by atoms with Gasteiger partial charge in [0.25, 0.3) is 0 Å². The van der Waals surface area contributed by atoms with Crippen LogP contribution in [0, 0.1) is 17.8 Å². The lowest BCUT2D eigenvalue weighted by molar-refractivity contribution is 0.163. The van der Waals surface area contributed by atoms with Crippen LogP contribution in [-0.4, -0.2) is 5.11 Å². The van der Waals surface area contributed by atoms with Gasteiger partial charge in [-0.05, 0) is 53.6 Å². The standard InChI is InChI=1S/C35H54O/c1-7-10-13-19-29-23-25(4)32-21-22-33(27(6)28-17-15-12-16-18-28)35(36)34(32)26(5)24-30(31(29)9-3)20-14-11-8-2/h12,15-18,21-22,25-27,29-31,36H,7-11,13-14,19-20,23-24H2,1-6H3. The number of unbranched alkanes of at least 4 members (excludes halogenated alkanes) is 4. The molecule has 0 bridgehead atoms. The van der Waals surface area contributed by atoms with Crippen LogP contribution in [0.3, 0.4) is 0 Å². The van der Waals surface area contributed by atoms with E-state index in [4.69, 9.17) is 0 Å². The van der Waals surface area contributed by atoms with Crippen molar-refractivity contribution in [3.63, 3.8) is 0 Å². The molecule has 0 saturated carbocycles. The van der Waals surface area contributed by atoms with E-state index in [-0.39, 0.29) is 5.92 Å². The molecule has 6 atom stereocenters. The molecule has 3 rings (SSSR count). The van der Waals surface area contributed by atoms with Crippen molar-refractivity contribution in [2.24, 2.45) is 17.8 Å². The van der Waals surface area contributed by atoms with Crippen molar-refractivity contribution in [3.05, 3.63) is 64.7 Å². The Morgan fingerprint density at radius 1 is 0.778 bits per heavy atom. The minimum Gasteiger partial charge on any atom is -0.507 e. The second kappa shape index (κ2) is 14.3. The molecule has 1 heteroatoms. The molecule has 0 spiro atoms. The highest BCUT2D eigenvalue weighted by Gasteiger charge is 2.35. The number of fused-ring (bicyclic) bond motifs is 1. The zero-order valence-corrected chi connectivity index (χ0v) is 24.2. The molecule has 0 aliphatic heterocycles. The Hall–Kier alpha value is -1.76. The van der Waals surface area contributed by atoms with Crippen molar-refractivity contribution in [1.82, 2.24) is 0 Å². The van der Waals surface area contributed by atoms with E-state index in [2.05, 4.69) is 84.0 Å².